The van der Waals surface area contributed by atoms with Gasteiger partial charge in [0.2, 0.25) is 5.76 Å². The summed E-state index contributed by atoms with van der Waals surface area (Å²) in [5.41, 5.74) is -0.215. The molecule has 1 saturated carbocycles. The van der Waals surface area contributed by atoms with Gasteiger partial charge in [-0.15, -0.1) is 0 Å². The molecular formula is C17H25N3O4. The zero-order chi connectivity index (χ0) is 16.4. The first kappa shape index (κ1) is 16.1. The molecule has 7 heteroatoms. The monoisotopic (exact) mass is 335 g/mol. The molecule has 0 bridgehead atoms. The van der Waals surface area contributed by atoms with Crippen LogP contribution < -0.4 is 5.32 Å². The molecule has 3 aliphatic rings. The van der Waals surface area contributed by atoms with Gasteiger partial charge in [0.15, 0.2) is 0 Å². The summed E-state index contributed by atoms with van der Waals surface area (Å²) in [6.45, 7) is 5.03. The smallest absolute Gasteiger partial charge is 0.289 e. The van der Waals surface area contributed by atoms with Crippen molar-refractivity contribution >= 4 is 5.91 Å². The molecule has 3 heterocycles. The number of aromatic nitrogens is 1. The van der Waals surface area contributed by atoms with E-state index in [0.717, 1.165) is 38.5 Å². The fraction of sp³-hybridized carbons (Fsp3) is 0.765. The van der Waals surface area contributed by atoms with Gasteiger partial charge in [-0.1, -0.05) is 5.16 Å². The van der Waals surface area contributed by atoms with E-state index in [2.05, 4.69) is 15.4 Å². The van der Waals surface area contributed by atoms with Crippen LogP contribution in [-0.2, 0) is 9.47 Å². The van der Waals surface area contributed by atoms with Crippen LogP contribution in [-0.4, -0.2) is 67.1 Å². The third-order valence-electron chi connectivity index (χ3n) is 5.13. The number of carbonyl (C=O) groups excluding carboxylic acids is 1. The van der Waals surface area contributed by atoms with Crippen LogP contribution in [0.5, 0.6) is 0 Å². The maximum absolute atomic E-state index is 11.9. The second-order valence-electron chi connectivity index (χ2n) is 7.28. The third-order valence-corrected chi connectivity index (χ3v) is 5.13. The van der Waals surface area contributed by atoms with Gasteiger partial charge in [-0.05, 0) is 31.6 Å². The molecule has 2 unspecified atom stereocenters. The van der Waals surface area contributed by atoms with Crippen molar-refractivity contribution in [2.75, 3.05) is 39.4 Å². The lowest BCUT2D eigenvalue weighted by molar-refractivity contribution is -0.0846. The lowest BCUT2D eigenvalue weighted by Gasteiger charge is -2.32. The summed E-state index contributed by atoms with van der Waals surface area (Å²) >= 11 is 0. The molecule has 0 radical (unpaired) electrons. The zero-order valence-electron chi connectivity index (χ0n) is 13.9. The third kappa shape index (κ3) is 3.79. The predicted octanol–water partition coefficient (Wildman–Crippen LogP) is 1.06. The number of hydrogen-bond acceptors (Lipinski definition) is 6. The van der Waals surface area contributed by atoms with E-state index in [0.29, 0.717) is 13.2 Å². The highest BCUT2D eigenvalue weighted by atomic mass is 16.6. The highest BCUT2D eigenvalue weighted by molar-refractivity contribution is 5.91. The van der Waals surface area contributed by atoms with Crippen LogP contribution in [0.15, 0.2) is 16.8 Å². The van der Waals surface area contributed by atoms with Crippen LogP contribution in [0.25, 0.3) is 0 Å². The summed E-state index contributed by atoms with van der Waals surface area (Å²) < 4.78 is 17.0. The molecule has 2 saturated heterocycles. The molecule has 1 spiro atoms. The summed E-state index contributed by atoms with van der Waals surface area (Å²) in [5, 5.41) is 6.42. The average Bonchev–Trinajstić information content (AvgIpc) is 3.10. The van der Waals surface area contributed by atoms with Gasteiger partial charge in [-0.25, -0.2) is 0 Å². The first-order valence-electron chi connectivity index (χ1n) is 8.89. The van der Waals surface area contributed by atoms with Gasteiger partial charge in [0, 0.05) is 32.2 Å². The number of rotatable bonds is 5. The molecule has 1 aromatic heterocycles. The normalized spacial score (nSPS) is 31.2. The molecule has 2 aliphatic heterocycles. The second kappa shape index (κ2) is 6.82. The van der Waals surface area contributed by atoms with E-state index in [1.165, 1.54) is 25.6 Å². The highest BCUT2D eigenvalue weighted by Gasteiger charge is 2.43. The maximum Gasteiger partial charge on any atom is 0.289 e. The topological polar surface area (TPSA) is 76.8 Å². The van der Waals surface area contributed by atoms with Crippen molar-refractivity contribution in [2.24, 2.45) is 5.92 Å². The van der Waals surface area contributed by atoms with Crippen molar-refractivity contribution in [3.8, 4) is 0 Å². The molecule has 2 atom stereocenters. The summed E-state index contributed by atoms with van der Waals surface area (Å²) in [7, 11) is 0. The van der Waals surface area contributed by atoms with Gasteiger partial charge in [0.1, 0.15) is 5.60 Å². The van der Waals surface area contributed by atoms with Crippen molar-refractivity contribution in [1.29, 1.82) is 0 Å². The van der Waals surface area contributed by atoms with E-state index in [1.807, 2.05) is 0 Å². The zero-order valence-corrected chi connectivity index (χ0v) is 13.9. The van der Waals surface area contributed by atoms with Gasteiger partial charge in [-0.3, -0.25) is 9.69 Å². The number of hydrogen-bond donors (Lipinski definition) is 1. The lowest BCUT2D eigenvalue weighted by Crippen LogP contribution is -2.46. The van der Waals surface area contributed by atoms with E-state index < -0.39 is 0 Å². The Labute approximate surface area is 141 Å². The summed E-state index contributed by atoms with van der Waals surface area (Å²) in [4.78, 5) is 14.4. The molecule has 0 aromatic carbocycles. The van der Waals surface area contributed by atoms with Crippen molar-refractivity contribution in [3.63, 3.8) is 0 Å². The fourth-order valence-electron chi connectivity index (χ4n) is 3.69. The van der Waals surface area contributed by atoms with Crippen LogP contribution in [0, 0.1) is 5.92 Å². The molecule has 3 fully saturated rings. The quantitative estimate of drug-likeness (QED) is 0.867. The summed E-state index contributed by atoms with van der Waals surface area (Å²) in [6.07, 6.45) is 6.14. The van der Waals surface area contributed by atoms with E-state index in [4.69, 9.17) is 14.0 Å². The first-order valence-corrected chi connectivity index (χ1v) is 8.89. The highest BCUT2D eigenvalue weighted by Crippen LogP contribution is 2.35. The Morgan fingerprint density at radius 2 is 2.33 bits per heavy atom. The Bertz CT molecular complexity index is 560. The number of ether oxygens (including phenoxy) is 2. The molecule has 7 nitrogen and oxygen atoms in total. The van der Waals surface area contributed by atoms with E-state index in [1.54, 1.807) is 6.07 Å². The Hall–Kier alpha value is -1.44. The number of carbonyl (C=O) groups is 1. The molecule has 1 N–H and O–H groups in total. The molecular weight excluding hydrogens is 310 g/mol. The number of nitrogens with one attached hydrogen (secondary N) is 1. The predicted molar refractivity (Wildman–Crippen MR) is 85.7 cm³/mol. The van der Waals surface area contributed by atoms with Gasteiger partial charge in [0.25, 0.3) is 5.91 Å². The molecule has 1 aromatic rings. The largest absolute Gasteiger partial charge is 0.377 e. The fourth-order valence-corrected chi connectivity index (χ4v) is 3.69. The first-order chi connectivity index (χ1) is 11.7. The van der Waals surface area contributed by atoms with Crippen molar-refractivity contribution in [1.82, 2.24) is 15.4 Å². The number of amides is 1. The molecule has 1 aliphatic carbocycles. The summed E-state index contributed by atoms with van der Waals surface area (Å²) in [5.74, 6) is 0.860. The van der Waals surface area contributed by atoms with Crippen LogP contribution in [0.4, 0.5) is 0 Å². The Balaban J connectivity index is 1.30. The Kier molecular flexibility index (Phi) is 4.56. The van der Waals surface area contributed by atoms with E-state index in [9.17, 15) is 4.79 Å². The van der Waals surface area contributed by atoms with Crippen molar-refractivity contribution in [2.45, 2.75) is 37.4 Å². The minimum absolute atomic E-state index is 0.0290. The van der Waals surface area contributed by atoms with Crippen LogP contribution >= 0.6 is 0 Å². The molecule has 4 rings (SSSR count). The number of nitrogens with zero attached hydrogens (tertiary/aromatic N) is 2. The standard InChI is InChI=1S/C17H25N3O4/c21-16(15-4-6-19-24-15)18-9-14-3-5-17(23-14)11-20(7-8-22-12-17)10-13-1-2-13/h4,6,13-14H,1-3,5,7-12H2,(H,18,21). The van der Waals surface area contributed by atoms with Crippen LogP contribution in [0.1, 0.15) is 36.2 Å². The van der Waals surface area contributed by atoms with E-state index >= 15 is 0 Å². The Morgan fingerprint density at radius 1 is 1.42 bits per heavy atom. The molecule has 24 heavy (non-hydrogen) atoms. The molecule has 132 valence electrons. The van der Waals surface area contributed by atoms with Crippen LogP contribution in [0.3, 0.4) is 0 Å². The lowest BCUT2D eigenvalue weighted by atomic mass is 10.00. The second-order valence-corrected chi connectivity index (χ2v) is 7.28. The average molecular weight is 335 g/mol. The van der Waals surface area contributed by atoms with Crippen molar-refractivity contribution < 1.29 is 18.8 Å². The van der Waals surface area contributed by atoms with Gasteiger partial charge in [-0.2, -0.15) is 0 Å². The van der Waals surface area contributed by atoms with E-state index in [-0.39, 0.29) is 23.4 Å². The summed E-state index contributed by atoms with van der Waals surface area (Å²) in [6, 6.07) is 1.56. The van der Waals surface area contributed by atoms with Crippen molar-refractivity contribution in [3.05, 3.63) is 18.0 Å². The maximum atomic E-state index is 11.9. The van der Waals surface area contributed by atoms with Gasteiger partial charge >= 0.3 is 0 Å². The minimum Gasteiger partial charge on any atom is -0.377 e. The Morgan fingerprint density at radius 3 is 3.12 bits per heavy atom. The minimum atomic E-state index is -0.246. The van der Waals surface area contributed by atoms with Crippen LogP contribution in [0.2, 0.25) is 0 Å². The van der Waals surface area contributed by atoms with Gasteiger partial charge < -0.3 is 19.3 Å². The molecule has 1 amide bonds. The SMILES string of the molecule is O=C(NCC1CCC2(COCCN(CC3CC3)C2)O1)c1ccno1. The van der Waals surface area contributed by atoms with Gasteiger partial charge in [0.05, 0.1) is 25.5 Å².